The van der Waals surface area contributed by atoms with Gasteiger partial charge in [-0.2, -0.15) is 0 Å². The molecule has 1 aliphatic heterocycles. The third kappa shape index (κ3) is 6.78. The first-order valence-corrected chi connectivity index (χ1v) is 18.7. The molecule has 2 nitrogen and oxygen atoms in total. The smallest absolute Gasteiger partial charge is 0.106 e. The maximum atomic E-state index is 5.70. The van der Waals surface area contributed by atoms with Gasteiger partial charge in [0.1, 0.15) is 6.17 Å². The number of nitrogens with one attached hydrogen (secondary N) is 1. The van der Waals surface area contributed by atoms with Crippen molar-refractivity contribution in [1.82, 2.24) is 5.32 Å². The Morgan fingerprint density at radius 1 is 0.458 bits per heavy atom. The molecule has 0 amide bonds. The van der Waals surface area contributed by atoms with Crippen molar-refractivity contribution in [1.29, 1.82) is 0 Å². The van der Waals surface area contributed by atoms with Crippen LogP contribution in [0.1, 0.15) is 79.5 Å². The lowest BCUT2D eigenvalue weighted by molar-refractivity contribution is 0.274. The zero-order chi connectivity index (χ0) is 32.1. The minimum Gasteiger partial charge on any atom is -0.287 e. The van der Waals surface area contributed by atoms with Gasteiger partial charge in [0.2, 0.25) is 0 Å². The van der Waals surface area contributed by atoms with Crippen LogP contribution in [0.25, 0.3) is 0 Å². The predicted molar refractivity (Wildman–Crippen MR) is 202 cm³/mol. The van der Waals surface area contributed by atoms with Crippen LogP contribution < -0.4 is 5.32 Å². The van der Waals surface area contributed by atoms with E-state index in [4.69, 9.17) is 4.99 Å². The predicted octanol–water partition coefficient (Wildman–Crippen LogP) is 10.9. The van der Waals surface area contributed by atoms with E-state index in [9.17, 15) is 0 Å². The average Bonchev–Trinajstić information content (AvgIpc) is 3.19. The van der Waals surface area contributed by atoms with Crippen LogP contribution in [0.2, 0.25) is 0 Å². The van der Waals surface area contributed by atoms with Gasteiger partial charge in [-0.3, -0.25) is 10.3 Å². The Morgan fingerprint density at radius 3 is 1.60 bits per heavy atom. The Bertz CT molecular complexity index is 1680. The van der Waals surface area contributed by atoms with Crippen molar-refractivity contribution in [2.24, 2.45) is 40.5 Å². The molecule has 0 radical (unpaired) electrons. The quantitative estimate of drug-likeness (QED) is 0.303. The minimum absolute atomic E-state index is 0.0776. The summed E-state index contributed by atoms with van der Waals surface area (Å²) in [5, 5.41) is 4.14. The van der Waals surface area contributed by atoms with Crippen molar-refractivity contribution >= 4 is 5.71 Å². The largest absolute Gasteiger partial charge is 0.287 e. The van der Waals surface area contributed by atoms with Gasteiger partial charge in [-0.15, -0.1) is 0 Å². The molecule has 1 N–H and O–H groups in total. The van der Waals surface area contributed by atoms with Crippen LogP contribution in [0, 0.1) is 35.5 Å². The highest BCUT2D eigenvalue weighted by molar-refractivity contribution is 5.96. The summed E-state index contributed by atoms with van der Waals surface area (Å²) in [6.45, 7) is 0. The molecule has 10 unspecified atom stereocenters. The maximum Gasteiger partial charge on any atom is 0.106 e. The van der Waals surface area contributed by atoms with Gasteiger partial charge in [0, 0.05) is 35.4 Å². The minimum atomic E-state index is 0.0776. The summed E-state index contributed by atoms with van der Waals surface area (Å²) >= 11 is 0. The zero-order valence-electron chi connectivity index (χ0n) is 28.1. The molecule has 0 bridgehead atoms. The molecule has 1 heterocycles. The van der Waals surface area contributed by atoms with E-state index < -0.39 is 0 Å². The van der Waals surface area contributed by atoms with Crippen molar-refractivity contribution < 1.29 is 0 Å². The highest BCUT2D eigenvalue weighted by Crippen LogP contribution is 2.44. The van der Waals surface area contributed by atoms with Crippen molar-refractivity contribution in [2.75, 3.05) is 0 Å². The average molecular weight is 631 g/mol. The zero-order valence-corrected chi connectivity index (χ0v) is 28.1. The van der Waals surface area contributed by atoms with Crippen LogP contribution in [-0.4, -0.2) is 11.9 Å². The van der Waals surface area contributed by atoms with Gasteiger partial charge < -0.3 is 0 Å². The second-order valence-corrected chi connectivity index (χ2v) is 14.8. The van der Waals surface area contributed by atoms with Gasteiger partial charge in [0.15, 0.2) is 0 Å². The lowest BCUT2D eigenvalue weighted by Gasteiger charge is -2.42. The normalized spacial score (nSPS) is 35.5. The SMILES string of the molecule is C1=CCC(C2=NC(C3C=CC(C4C=CC(C5C=CC=CC5)CC4)CC3)NC(c3ccccc3)C2c2ccc(C3C=CC=CC3)cc2)C=C1. The summed E-state index contributed by atoms with van der Waals surface area (Å²) < 4.78 is 0. The third-order valence-electron chi connectivity index (χ3n) is 11.9. The van der Waals surface area contributed by atoms with E-state index in [1.165, 1.54) is 54.5 Å². The molecule has 2 heteroatoms. The molecule has 0 fully saturated rings. The molecule has 0 aromatic heterocycles. The Balaban J connectivity index is 1.06. The van der Waals surface area contributed by atoms with Gasteiger partial charge in [-0.25, -0.2) is 0 Å². The third-order valence-corrected chi connectivity index (χ3v) is 11.9. The molecule has 5 aliphatic carbocycles. The highest BCUT2D eigenvalue weighted by atomic mass is 15.1. The summed E-state index contributed by atoms with van der Waals surface area (Å²) in [4.78, 5) is 5.70. The van der Waals surface area contributed by atoms with Crippen molar-refractivity contribution in [3.05, 3.63) is 169 Å². The van der Waals surface area contributed by atoms with Crippen LogP contribution in [0.15, 0.2) is 157 Å². The van der Waals surface area contributed by atoms with E-state index in [2.05, 4.69) is 157 Å². The first-order chi connectivity index (χ1) is 23.8. The molecule has 10 atom stereocenters. The fourth-order valence-electron chi connectivity index (χ4n) is 9.14. The Labute approximate surface area is 288 Å². The van der Waals surface area contributed by atoms with Crippen LogP contribution in [0.4, 0.5) is 0 Å². The molecule has 6 aliphatic rings. The molecular formula is C46H50N2. The van der Waals surface area contributed by atoms with E-state index in [0.717, 1.165) is 12.8 Å². The number of allylic oxidation sites excluding steroid dienone is 15. The fraction of sp³-hybridized carbons (Fsp3) is 0.370. The lowest BCUT2D eigenvalue weighted by atomic mass is 9.71. The van der Waals surface area contributed by atoms with Gasteiger partial charge in [-0.1, -0.05) is 152 Å². The fourth-order valence-corrected chi connectivity index (χ4v) is 9.14. The number of rotatable bonds is 7. The molecule has 8 rings (SSSR count). The topological polar surface area (TPSA) is 24.4 Å². The van der Waals surface area contributed by atoms with E-state index in [-0.39, 0.29) is 18.1 Å². The Kier molecular flexibility index (Phi) is 9.53. The number of hydrogen-bond donors (Lipinski definition) is 1. The lowest BCUT2D eigenvalue weighted by Crippen LogP contribution is -2.48. The van der Waals surface area contributed by atoms with Crippen LogP contribution in [0.5, 0.6) is 0 Å². The van der Waals surface area contributed by atoms with Crippen molar-refractivity contribution in [3.63, 3.8) is 0 Å². The molecule has 0 saturated carbocycles. The van der Waals surface area contributed by atoms with Crippen LogP contribution >= 0.6 is 0 Å². The molecule has 2 aromatic carbocycles. The van der Waals surface area contributed by atoms with E-state index in [0.29, 0.717) is 41.4 Å². The first kappa shape index (κ1) is 31.3. The monoisotopic (exact) mass is 630 g/mol. The summed E-state index contributed by atoms with van der Waals surface area (Å²) in [6.07, 6.45) is 45.9. The Hall–Kier alpha value is -4.01. The summed E-state index contributed by atoms with van der Waals surface area (Å²) in [5.74, 6) is 4.05. The van der Waals surface area contributed by atoms with E-state index in [1.807, 2.05) is 0 Å². The van der Waals surface area contributed by atoms with Gasteiger partial charge in [0.25, 0.3) is 0 Å². The summed E-state index contributed by atoms with van der Waals surface area (Å²) in [5.41, 5.74) is 5.44. The number of aliphatic imine (C=N–C) groups is 1. The summed E-state index contributed by atoms with van der Waals surface area (Å²) in [7, 11) is 0. The number of benzene rings is 2. The van der Waals surface area contributed by atoms with Crippen LogP contribution in [-0.2, 0) is 0 Å². The number of nitrogens with zero attached hydrogens (tertiary/aromatic N) is 1. The summed E-state index contributed by atoms with van der Waals surface area (Å²) in [6, 6.07) is 20.8. The second kappa shape index (κ2) is 14.6. The molecule has 48 heavy (non-hydrogen) atoms. The van der Waals surface area contributed by atoms with Crippen molar-refractivity contribution in [3.8, 4) is 0 Å². The van der Waals surface area contributed by atoms with Crippen molar-refractivity contribution in [2.45, 2.75) is 69.0 Å². The molecule has 0 saturated heterocycles. The number of hydrogen-bond acceptors (Lipinski definition) is 2. The van der Waals surface area contributed by atoms with Gasteiger partial charge >= 0.3 is 0 Å². The highest BCUT2D eigenvalue weighted by Gasteiger charge is 2.40. The molecule has 0 spiro atoms. The van der Waals surface area contributed by atoms with E-state index in [1.54, 1.807) is 0 Å². The molecule has 244 valence electrons. The Morgan fingerprint density at radius 2 is 1.02 bits per heavy atom. The standard InChI is InChI=1S/C46H50N2/c1-5-13-33(14-6-1)35-21-23-37(24-22-35)38-27-31-42(32-28-38)46-47-44(40-17-9-3-10-18-40)43(45(48-46)41-19-11-4-12-20-41)39-29-25-36(26-30-39)34-15-7-2-8-16-34/h1-13,15,17-19,21,23,25-27,29-31,33-35,37-38,41-44,46-47H,14,16,20,22,24,28,32H2. The van der Waals surface area contributed by atoms with Gasteiger partial charge in [-0.05, 0) is 85.3 Å². The maximum absolute atomic E-state index is 5.70. The molecule has 2 aromatic rings. The first-order valence-electron chi connectivity index (χ1n) is 18.7. The second-order valence-electron chi connectivity index (χ2n) is 14.8. The van der Waals surface area contributed by atoms with Gasteiger partial charge in [0.05, 0.1) is 0 Å². The molecular weight excluding hydrogens is 581 g/mol. The van der Waals surface area contributed by atoms with E-state index >= 15 is 0 Å². The van der Waals surface area contributed by atoms with Crippen LogP contribution in [0.3, 0.4) is 0 Å².